The Bertz CT molecular complexity index is 266. The molecule has 0 aliphatic rings. The maximum atomic E-state index is 10.1. The van der Waals surface area contributed by atoms with Crippen molar-refractivity contribution in [1.29, 1.82) is 0 Å². The zero-order valence-electron chi connectivity index (χ0n) is 8.23. The summed E-state index contributed by atoms with van der Waals surface area (Å²) in [6.07, 6.45) is 5.38. The molecule has 0 aliphatic heterocycles. The van der Waals surface area contributed by atoms with E-state index in [1.165, 1.54) is 0 Å². The molecule has 0 atom stereocenters. The lowest BCUT2D eigenvalue weighted by Gasteiger charge is -2.03. The van der Waals surface area contributed by atoms with Crippen molar-refractivity contribution >= 4 is 6.29 Å². The van der Waals surface area contributed by atoms with Crippen molar-refractivity contribution in [3.8, 4) is 0 Å². The summed E-state index contributed by atoms with van der Waals surface area (Å²) < 4.78 is 1.94. The highest BCUT2D eigenvalue weighted by Crippen LogP contribution is 2.06. The first-order valence-corrected chi connectivity index (χ1v) is 4.71. The van der Waals surface area contributed by atoms with Gasteiger partial charge in [-0.05, 0) is 32.8 Å². The van der Waals surface area contributed by atoms with Gasteiger partial charge in [0.15, 0.2) is 0 Å². The average Bonchev–Trinajstić information content (AvgIpc) is 2.53. The summed E-state index contributed by atoms with van der Waals surface area (Å²) in [7, 11) is 0. The molecule has 3 nitrogen and oxygen atoms in total. The van der Waals surface area contributed by atoms with Crippen LogP contribution < -0.4 is 0 Å². The SMILES string of the molecule is CC(C)n1ccc(CCCC=O)n1. The standard InChI is InChI=1S/C10H16N2O/c1-9(2)12-7-6-10(11-12)5-3-4-8-13/h6-9H,3-5H2,1-2H3. The number of aldehydes is 1. The Hall–Kier alpha value is -1.12. The van der Waals surface area contributed by atoms with Crippen LogP contribution in [0.3, 0.4) is 0 Å². The lowest BCUT2D eigenvalue weighted by Crippen LogP contribution is -2.01. The molecular formula is C10H16N2O. The van der Waals surface area contributed by atoms with Crippen LogP contribution in [0.2, 0.25) is 0 Å². The van der Waals surface area contributed by atoms with Crippen molar-refractivity contribution in [2.75, 3.05) is 0 Å². The van der Waals surface area contributed by atoms with E-state index in [1.54, 1.807) is 0 Å². The summed E-state index contributed by atoms with van der Waals surface area (Å²) in [4.78, 5) is 10.1. The zero-order valence-corrected chi connectivity index (χ0v) is 8.23. The van der Waals surface area contributed by atoms with E-state index in [4.69, 9.17) is 0 Å². The lowest BCUT2D eigenvalue weighted by molar-refractivity contribution is -0.107. The molecule has 0 saturated heterocycles. The smallest absolute Gasteiger partial charge is 0.120 e. The maximum Gasteiger partial charge on any atom is 0.120 e. The number of nitrogens with zero attached hydrogens (tertiary/aromatic N) is 2. The van der Waals surface area contributed by atoms with Crippen LogP contribution in [0.15, 0.2) is 12.3 Å². The topological polar surface area (TPSA) is 34.9 Å². The predicted octanol–water partition coefficient (Wildman–Crippen LogP) is 1.99. The summed E-state index contributed by atoms with van der Waals surface area (Å²) in [5.41, 5.74) is 1.08. The predicted molar refractivity (Wildman–Crippen MR) is 51.6 cm³/mol. The minimum Gasteiger partial charge on any atom is -0.303 e. The molecule has 1 aromatic heterocycles. The Morgan fingerprint density at radius 3 is 2.92 bits per heavy atom. The maximum absolute atomic E-state index is 10.1. The second kappa shape index (κ2) is 4.80. The summed E-state index contributed by atoms with van der Waals surface area (Å²) >= 11 is 0. The minimum absolute atomic E-state index is 0.417. The van der Waals surface area contributed by atoms with Gasteiger partial charge in [-0.1, -0.05) is 0 Å². The fourth-order valence-electron chi connectivity index (χ4n) is 1.16. The van der Waals surface area contributed by atoms with Gasteiger partial charge in [0, 0.05) is 18.7 Å². The zero-order chi connectivity index (χ0) is 9.68. The van der Waals surface area contributed by atoms with Crippen LogP contribution in [0, 0.1) is 0 Å². The summed E-state index contributed by atoms with van der Waals surface area (Å²) in [6, 6.07) is 2.44. The van der Waals surface area contributed by atoms with Crippen LogP contribution in [-0.4, -0.2) is 16.1 Å². The summed E-state index contributed by atoms with van der Waals surface area (Å²) in [6.45, 7) is 4.20. The molecule has 13 heavy (non-hydrogen) atoms. The van der Waals surface area contributed by atoms with Gasteiger partial charge < -0.3 is 4.79 Å². The molecular weight excluding hydrogens is 164 g/mol. The number of carbonyl (C=O) groups excluding carboxylic acids is 1. The van der Waals surface area contributed by atoms with Crippen LogP contribution >= 0.6 is 0 Å². The van der Waals surface area contributed by atoms with E-state index in [1.807, 2.05) is 16.9 Å². The first-order chi connectivity index (χ1) is 6.24. The van der Waals surface area contributed by atoms with Gasteiger partial charge in [0.1, 0.15) is 6.29 Å². The van der Waals surface area contributed by atoms with E-state index >= 15 is 0 Å². The van der Waals surface area contributed by atoms with E-state index in [9.17, 15) is 4.79 Å². The van der Waals surface area contributed by atoms with Gasteiger partial charge in [-0.25, -0.2) is 0 Å². The first kappa shape index (κ1) is 9.96. The Morgan fingerprint density at radius 1 is 1.62 bits per heavy atom. The largest absolute Gasteiger partial charge is 0.303 e. The van der Waals surface area contributed by atoms with E-state index < -0.39 is 0 Å². The van der Waals surface area contributed by atoms with Gasteiger partial charge in [-0.3, -0.25) is 4.68 Å². The first-order valence-electron chi connectivity index (χ1n) is 4.71. The monoisotopic (exact) mass is 180 g/mol. The lowest BCUT2D eigenvalue weighted by atomic mass is 10.2. The Kier molecular flexibility index (Phi) is 3.68. The normalized spacial score (nSPS) is 10.7. The fraction of sp³-hybridized carbons (Fsp3) is 0.600. The molecule has 3 heteroatoms. The molecule has 0 bridgehead atoms. The van der Waals surface area contributed by atoms with Crippen molar-refractivity contribution in [2.24, 2.45) is 0 Å². The van der Waals surface area contributed by atoms with Crippen LogP contribution in [-0.2, 0) is 11.2 Å². The Labute approximate surface area is 78.8 Å². The quantitative estimate of drug-likeness (QED) is 0.513. The second-order valence-electron chi connectivity index (χ2n) is 3.44. The van der Waals surface area contributed by atoms with Crippen LogP contribution in [0.25, 0.3) is 0 Å². The number of hydrogen-bond donors (Lipinski definition) is 0. The molecule has 72 valence electrons. The van der Waals surface area contributed by atoms with Gasteiger partial charge in [-0.15, -0.1) is 0 Å². The van der Waals surface area contributed by atoms with Crippen LogP contribution in [0.4, 0.5) is 0 Å². The molecule has 1 heterocycles. The second-order valence-corrected chi connectivity index (χ2v) is 3.44. The summed E-state index contributed by atoms with van der Waals surface area (Å²) in [5, 5.41) is 4.38. The third kappa shape index (κ3) is 3.01. The highest BCUT2D eigenvalue weighted by Gasteiger charge is 2.00. The molecule has 1 rings (SSSR count). The van der Waals surface area contributed by atoms with E-state index in [2.05, 4.69) is 18.9 Å². The third-order valence-electron chi connectivity index (χ3n) is 1.95. The number of aromatic nitrogens is 2. The van der Waals surface area contributed by atoms with Crippen molar-refractivity contribution in [2.45, 2.75) is 39.2 Å². The van der Waals surface area contributed by atoms with Crippen molar-refractivity contribution in [3.05, 3.63) is 18.0 Å². The average molecular weight is 180 g/mol. The van der Waals surface area contributed by atoms with Crippen LogP contribution in [0.5, 0.6) is 0 Å². The van der Waals surface area contributed by atoms with E-state index in [-0.39, 0.29) is 0 Å². The van der Waals surface area contributed by atoms with Gasteiger partial charge in [0.25, 0.3) is 0 Å². The number of carbonyl (C=O) groups is 1. The number of hydrogen-bond acceptors (Lipinski definition) is 2. The van der Waals surface area contributed by atoms with Crippen molar-refractivity contribution in [1.82, 2.24) is 9.78 Å². The van der Waals surface area contributed by atoms with Crippen LogP contribution in [0.1, 0.15) is 38.4 Å². The van der Waals surface area contributed by atoms with Gasteiger partial charge in [0.05, 0.1) is 5.69 Å². The molecule has 0 aromatic carbocycles. The van der Waals surface area contributed by atoms with Gasteiger partial charge in [0.2, 0.25) is 0 Å². The molecule has 0 fully saturated rings. The highest BCUT2D eigenvalue weighted by molar-refractivity contribution is 5.49. The fourth-order valence-corrected chi connectivity index (χ4v) is 1.16. The minimum atomic E-state index is 0.417. The number of aryl methyl sites for hydroxylation is 1. The molecule has 0 saturated carbocycles. The molecule has 0 spiro atoms. The van der Waals surface area contributed by atoms with E-state index in [0.29, 0.717) is 12.5 Å². The molecule has 0 N–H and O–H groups in total. The molecule has 0 radical (unpaired) electrons. The van der Waals surface area contributed by atoms with E-state index in [0.717, 1.165) is 24.8 Å². The van der Waals surface area contributed by atoms with Gasteiger partial charge >= 0.3 is 0 Å². The third-order valence-corrected chi connectivity index (χ3v) is 1.95. The molecule has 1 aromatic rings. The number of unbranched alkanes of at least 4 members (excludes halogenated alkanes) is 1. The number of rotatable bonds is 5. The van der Waals surface area contributed by atoms with Crippen molar-refractivity contribution < 1.29 is 4.79 Å². The Morgan fingerprint density at radius 2 is 2.38 bits per heavy atom. The highest BCUT2D eigenvalue weighted by atomic mass is 16.1. The molecule has 0 unspecified atom stereocenters. The van der Waals surface area contributed by atoms with Crippen molar-refractivity contribution in [3.63, 3.8) is 0 Å². The summed E-state index contributed by atoms with van der Waals surface area (Å²) in [5.74, 6) is 0. The molecule has 0 aliphatic carbocycles. The van der Waals surface area contributed by atoms with Gasteiger partial charge in [-0.2, -0.15) is 5.10 Å². The Balaban J connectivity index is 2.44. The molecule has 0 amide bonds.